The summed E-state index contributed by atoms with van der Waals surface area (Å²) in [6, 6.07) is 0.111. The number of fused-ring (bicyclic) bond motifs is 1. The average molecular weight is 436 g/mol. The summed E-state index contributed by atoms with van der Waals surface area (Å²) < 4.78 is 26.7. The van der Waals surface area contributed by atoms with Gasteiger partial charge in [-0.15, -0.1) is 0 Å². The van der Waals surface area contributed by atoms with E-state index >= 15 is 0 Å². The van der Waals surface area contributed by atoms with Crippen molar-refractivity contribution < 1.29 is 8.42 Å². The van der Waals surface area contributed by atoms with Crippen molar-refractivity contribution in [2.75, 3.05) is 36.5 Å². The molecule has 0 aromatic carbocycles. The van der Waals surface area contributed by atoms with Gasteiger partial charge in [0, 0.05) is 31.7 Å². The molecule has 2 aliphatic rings. The SMILES string of the molecule is CCNc1ncc2nc(NC3CCN(S(C)(=O)=O)CC3)c(=O)n(C3CCCC3)c2n1. The van der Waals surface area contributed by atoms with Gasteiger partial charge < -0.3 is 10.6 Å². The lowest BCUT2D eigenvalue weighted by Gasteiger charge is -2.31. The highest BCUT2D eigenvalue weighted by Gasteiger charge is 2.27. The van der Waals surface area contributed by atoms with Gasteiger partial charge in [-0.1, -0.05) is 12.8 Å². The number of hydrogen-bond donors (Lipinski definition) is 2. The molecular weight excluding hydrogens is 406 g/mol. The van der Waals surface area contributed by atoms with Crippen molar-refractivity contribution >= 4 is 33.0 Å². The van der Waals surface area contributed by atoms with Gasteiger partial charge in [0.15, 0.2) is 11.5 Å². The molecule has 3 heterocycles. The minimum atomic E-state index is -3.18. The summed E-state index contributed by atoms with van der Waals surface area (Å²) in [7, 11) is -3.18. The lowest BCUT2D eigenvalue weighted by Crippen LogP contribution is -2.43. The van der Waals surface area contributed by atoms with Gasteiger partial charge in [0.05, 0.1) is 12.5 Å². The van der Waals surface area contributed by atoms with Crippen LogP contribution in [-0.4, -0.2) is 64.2 Å². The minimum Gasteiger partial charge on any atom is -0.363 e. The highest BCUT2D eigenvalue weighted by molar-refractivity contribution is 7.88. The molecule has 1 saturated carbocycles. The molecule has 0 bridgehead atoms. The number of piperidine rings is 1. The molecular formula is C19H29N7O3S. The molecule has 2 aromatic heterocycles. The Hall–Kier alpha value is -2.27. The van der Waals surface area contributed by atoms with Crippen molar-refractivity contribution in [3.63, 3.8) is 0 Å². The highest BCUT2D eigenvalue weighted by atomic mass is 32.2. The van der Waals surface area contributed by atoms with Gasteiger partial charge in [0.25, 0.3) is 5.56 Å². The molecule has 1 aliphatic heterocycles. The van der Waals surface area contributed by atoms with Gasteiger partial charge >= 0.3 is 0 Å². The maximum Gasteiger partial charge on any atom is 0.295 e. The van der Waals surface area contributed by atoms with E-state index in [4.69, 9.17) is 0 Å². The molecule has 0 atom stereocenters. The van der Waals surface area contributed by atoms with Crippen LogP contribution < -0.4 is 16.2 Å². The Labute approximate surface area is 176 Å². The molecule has 4 rings (SSSR count). The summed E-state index contributed by atoms with van der Waals surface area (Å²) in [6.07, 6.45) is 8.24. The summed E-state index contributed by atoms with van der Waals surface area (Å²) in [4.78, 5) is 26.8. The van der Waals surface area contributed by atoms with E-state index in [9.17, 15) is 13.2 Å². The number of anilines is 2. The molecule has 0 radical (unpaired) electrons. The molecule has 0 unspecified atom stereocenters. The van der Waals surface area contributed by atoms with Crippen LogP contribution in [0.25, 0.3) is 11.2 Å². The largest absolute Gasteiger partial charge is 0.363 e. The Morgan fingerprint density at radius 2 is 1.83 bits per heavy atom. The van der Waals surface area contributed by atoms with E-state index in [1.807, 2.05) is 6.92 Å². The molecule has 1 saturated heterocycles. The number of nitrogens with zero attached hydrogens (tertiary/aromatic N) is 5. The van der Waals surface area contributed by atoms with Crippen molar-refractivity contribution in [2.45, 2.75) is 57.5 Å². The molecule has 0 amide bonds. The first-order chi connectivity index (χ1) is 14.4. The van der Waals surface area contributed by atoms with Crippen molar-refractivity contribution in [2.24, 2.45) is 0 Å². The zero-order valence-corrected chi connectivity index (χ0v) is 18.3. The van der Waals surface area contributed by atoms with Crippen LogP contribution in [0.2, 0.25) is 0 Å². The Balaban J connectivity index is 1.66. The van der Waals surface area contributed by atoms with Crippen molar-refractivity contribution in [3.8, 4) is 0 Å². The highest BCUT2D eigenvalue weighted by Crippen LogP contribution is 2.30. The monoisotopic (exact) mass is 435 g/mol. The molecule has 164 valence electrons. The van der Waals surface area contributed by atoms with Crippen molar-refractivity contribution in [1.29, 1.82) is 0 Å². The predicted octanol–water partition coefficient (Wildman–Crippen LogP) is 1.57. The first-order valence-corrected chi connectivity index (χ1v) is 12.5. The van der Waals surface area contributed by atoms with E-state index in [0.717, 1.165) is 25.7 Å². The minimum absolute atomic E-state index is 0.000345. The zero-order valence-electron chi connectivity index (χ0n) is 17.5. The second-order valence-corrected chi connectivity index (χ2v) is 10.1. The van der Waals surface area contributed by atoms with Crippen LogP contribution in [0.4, 0.5) is 11.8 Å². The fraction of sp³-hybridized carbons (Fsp3) is 0.684. The van der Waals surface area contributed by atoms with E-state index in [1.54, 1.807) is 10.8 Å². The van der Waals surface area contributed by atoms with Crippen LogP contribution in [0.5, 0.6) is 0 Å². The number of sulfonamides is 1. The average Bonchev–Trinajstić information content (AvgIpc) is 3.23. The van der Waals surface area contributed by atoms with Crippen LogP contribution in [0, 0.1) is 0 Å². The third-order valence-corrected chi connectivity index (χ3v) is 7.22. The molecule has 2 fully saturated rings. The topological polar surface area (TPSA) is 122 Å². The van der Waals surface area contributed by atoms with Crippen molar-refractivity contribution in [1.82, 2.24) is 23.8 Å². The summed E-state index contributed by atoms with van der Waals surface area (Å²) in [5, 5.41) is 6.38. The third-order valence-electron chi connectivity index (χ3n) is 5.92. The third kappa shape index (κ3) is 4.27. The number of aromatic nitrogens is 4. The van der Waals surface area contributed by atoms with Crippen LogP contribution in [0.1, 0.15) is 51.5 Å². The quantitative estimate of drug-likeness (QED) is 0.701. The summed E-state index contributed by atoms with van der Waals surface area (Å²) >= 11 is 0. The molecule has 11 heteroatoms. The van der Waals surface area contributed by atoms with E-state index < -0.39 is 10.0 Å². The number of rotatable bonds is 6. The molecule has 2 N–H and O–H groups in total. The van der Waals surface area contributed by atoms with Gasteiger partial charge in [-0.25, -0.2) is 22.7 Å². The Morgan fingerprint density at radius 3 is 2.47 bits per heavy atom. The number of nitrogens with one attached hydrogen (secondary N) is 2. The Kier molecular flexibility index (Phi) is 5.92. The smallest absolute Gasteiger partial charge is 0.295 e. The van der Waals surface area contributed by atoms with Gasteiger partial charge in [-0.05, 0) is 32.6 Å². The first kappa shape index (κ1) is 21.0. The van der Waals surface area contributed by atoms with E-state index in [2.05, 4.69) is 25.6 Å². The molecule has 1 aliphatic carbocycles. The van der Waals surface area contributed by atoms with Crippen LogP contribution >= 0.6 is 0 Å². The lowest BCUT2D eigenvalue weighted by molar-refractivity contribution is 0.331. The molecule has 10 nitrogen and oxygen atoms in total. The standard InChI is InChI=1S/C19H29N7O3S/c1-3-20-19-21-12-15-17(24-19)26(14-6-4-5-7-14)18(27)16(23-15)22-13-8-10-25(11-9-13)30(2,28)29/h12-14H,3-11H2,1-2H3,(H,22,23)(H,20,21,24). The van der Waals surface area contributed by atoms with Crippen LogP contribution in [-0.2, 0) is 10.0 Å². The maximum absolute atomic E-state index is 13.4. The van der Waals surface area contributed by atoms with E-state index in [0.29, 0.717) is 55.4 Å². The second-order valence-electron chi connectivity index (χ2n) is 8.09. The lowest BCUT2D eigenvalue weighted by atomic mass is 10.1. The Morgan fingerprint density at radius 1 is 1.13 bits per heavy atom. The normalized spacial score (nSPS) is 19.4. The molecule has 2 aromatic rings. The molecule has 0 spiro atoms. The van der Waals surface area contributed by atoms with E-state index in [-0.39, 0.29) is 17.6 Å². The van der Waals surface area contributed by atoms with Gasteiger partial charge in [0.2, 0.25) is 16.0 Å². The van der Waals surface area contributed by atoms with E-state index in [1.165, 1.54) is 10.6 Å². The summed E-state index contributed by atoms with van der Waals surface area (Å²) in [5.74, 6) is 0.791. The second kappa shape index (κ2) is 8.46. The van der Waals surface area contributed by atoms with Gasteiger partial charge in [-0.2, -0.15) is 4.98 Å². The first-order valence-electron chi connectivity index (χ1n) is 10.6. The van der Waals surface area contributed by atoms with Crippen LogP contribution in [0.3, 0.4) is 0 Å². The fourth-order valence-electron chi connectivity index (χ4n) is 4.36. The predicted molar refractivity (Wildman–Crippen MR) is 116 cm³/mol. The zero-order chi connectivity index (χ0) is 21.3. The summed E-state index contributed by atoms with van der Waals surface area (Å²) in [6.45, 7) is 3.54. The Bertz CT molecular complexity index is 1070. The maximum atomic E-state index is 13.4. The van der Waals surface area contributed by atoms with Gasteiger partial charge in [-0.3, -0.25) is 9.36 Å². The molecule has 30 heavy (non-hydrogen) atoms. The summed E-state index contributed by atoms with van der Waals surface area (Å²) in [5.41, 5.74) is 0.982. The van der Waals surface area contributed by atoms with Crippen LogP contribution in [0.15, 0.2) is 11.0 Å². The van der Waals surface area contributed by atoms with Gasteiger partial charge in [0.1, 0.15) is 5.52 Å². The van der Waals surface area contributed by atoms with Crippen molar-refractivity contribution in [3.05, 3.63) is 16.6 Å². The number of hydrogen-bond acceptors (Lipinski definition) is 8. The fourth-order valence-corrected chi connectivity index (χ4v) is 5.24.